The third-order valence-corrected chi connectivity index (χ3v) is 4.03. The molecule has 0 aliphatic heterocycles. The van der Waals surface area contributed by atoms with Gasteiger partial charge in [-0.05, 0) is 49.8 Å². The molecule has 2 N–H and O–H groups in total. The van der Waals surface area contributed by atoms with Gasteiger partial charge in [-0.1, -0.05) is 0 Å². The fraction of sp³-hybridized carbons (Fsp3) is 0.500. The van der Waals surface area contributed by atoms with Gasteiger partial charge in [0.15, 0.2) is 5.78 Å². The maximum Gasteiger partial charge on any atom is 0.221 e. The molecule has 0 heterocycles. The molecule has 1 aromatic carbocycles. The number of aliphatic hydroxyl groups is 1. The fourth-order valence-electron chi connectivity index (χ4n) is 2.95. The summed E-state index contributed by atoms with van der Waals surface area (Å²) in [5.74, 6) is -0.955. The number of benzene rings is 1. The lowest BCUT2D eigenvalue weighted by molar-refractivity contribution is -0.114. The molecule has 0 spiro atoms. The van der Waals surface area contributed by atoms with Crippen LogP contribution < -0.4 is 5.32 Å². The number of amides is 1. The van der Waals surface area contributed by atoms with Crippen LogP contribution >= 0.6 is 0 Å². The molecule has 21 heavy (non-hydrogen) atoms. The van der Waals surface area contributed by atoms with E-state index in [0.29, 0.717) is 42.4 Å². The van der Waals surface area contributed by atoms with E-state index in [2.05, 4.69) is 5.32 Å². The number of ketones is 1. The molecule has 0 fully saturated rings. The molecule has 2 rings (SSSR count). The number of nitrogens with one attached hydrogen (secondary N) is 1. The first kappa shape index (κ1) is 15.6. The summed E-state index contributed by atoms with van der Waals surface area (Å²) in [6, 6.07) is 1.22. The van der Waals surface area contributed by atoms with Crippen molar-refractivity contribution in [2.24, 2.45) is 5.92 Å². The van der Waals surface area contributed by atoms with E-state index < -0.39 is 5.82 Å². The number of anilines is 1. The third kappa shape index (κ3) is 3.13. The average molecular weight is 293 g/mol. The van der Waals surface area contributed by atoms with Crippen LogP contribution in [0.1, 0.15) is 47.7 Å². The molecule has 1 aliphatic rings. The van der Waals surface area contributed by atoms with Gasteiger partial charge in [0.05, 0.1) is 5.69 Å². The minimum atomic E-state index is -0.404. The van der Waals surface area contributed by atoms with Gasteiger partial charge in [0, 0.05) is 25.0 Å². The molecule has 0 aromatic heterocycles. The first-order chi connectivity index (χ1) is 9.95. The van der Waals surface area contributed by atoms with Gasteiger partial charge in [-0.3, -0.25) is 9.59 Å². The summed E-state index contributed by atoms with van der Waals surface area (Å²) in [5.41, 5.74) is 1.88. The van der Waals surface area contributed by atoms with Crippen LogP contribution in [-0.4, -0.2) is 23.4 Å². The number of fused-ring (bicyclic) bond motifs is 1. The molecule has 0 saturated carbocycles. The summed E-state index contributed by atoms with van der Waals surface area (Å²) in [7, 11) is 0. The maximum absolute atomic E-state index is 13.9. The van der Waals surface area contributed by atoms with Crippen LogP contribution in [0.15, 0.2) is 6.07 Å². The van der Waals surface area contributed by atoms with E-state index in [1.807, 2.05) is 0 Å². The summed E-state index contributed by atoms with van der Waals surface area (Å²) in [6.45, 7) is 3.05. The monoisotopic (exact) mass is 293 g/mol. The third-order valence-electron chi connectivity index (χ3n) is 4.03. The van der Waals surface area contributed by atoms with Gasteiger partial charge < -0.3 is 10.4 Å². The van der Waals surface area contributed by atoms with Crippen LogP contribution in [0.2, 0.25) is 0 Å². The van der Waals surface area contributed by atoms with Gasteiger partial charge in [-0.15, -0.1) is 0 Å². The molecule has 1 atom stereocenters. The zero-order valence-corrected chi connectivity index (χ0v) is 12.3. The lowest BCUT2D eigenvalue weighted by Gasteiger charge is -2.27. The van der Waals surface area contributed by atoms with Crippen LogP contribution in [0.5, 0.6) is 0 Å². The molecule has 1 aromatic rings. The van der Waals surface area contributed by atoms with Gasteiger partial charge in [-0.25, -0.2) is 4.39 Å². The van der Waals surface area contributed by atoms with Crippen molar-refractivity contribution in [1.82, 2.24) is 0 Å². The van der Waals surface area contributed by atoms with E-state index in [1.54, 1.807) is 6.92 Å². The Balaban J connectivity index is 2.45. The van der Waals surface area contributed by atoms with Crippen LogP contribution in [0.25, 0.3) is 0 Å². The topological polar surface area (TPSA) is 66.4 Å². The lowest BCUT2D eigenvalue weighted by Crippen LogP contribution is -2.26. The van der Waals surface area contributed by atoms with E-state index in [1.165, 1.54) is 13.0 Å². The second-order valence-electron chi connectivity index (χ2n) is 5.53. The highest BCUT2D eigenvalue weighted by molar-refractivity contribution is 6.07. The fourth-order valence-corrected chi connectivity index (χ4v) is 2.95. The molecular formula is C16H20FNO3. The molecule has 0 bridgehead atoms. The molecule has 1 aliphatic carbocycles. The van der Waals surface area contributed by atoms with Crippen molar-refractivity contribution in [2.75, 3.05) is 11.9 Å². The SMILES string of the molecule is CC(=O)Nc1cc(F)c(C)c2c1C(=O)C(CCCO)CC2. The Morgan fingerprint density at radius 2 is 2.24 bits per heavy atom. The number of hydrogen-bond donors (Lipinski definition) is 2. The molecule has 1 unspecified atom stereocenters. The second-order valence-corrected chi connectivity index (χ2v) is 5.53. The number of halogens is 1. The first-order valence-electron chi connectivity index (χ1n) is 7.20. The number of carbonyl (C=O) groups excluding carboxylic acids is 2. The maximum atomic E-state index is 13.9. The summed E-state index contributed by atoms with van der Waals surface area (Å²) < 4.78 is 13.9. The van der Waals surface area contributed by atoms with Crippen molar-refractivity contribution in [1.29, 1.82) is 0 Å². The Kier molecular flexibility index (Phi) is 4.73. The van der Waals surface area contributed by atoms with Gasteiger partial charge in [0.1, 0.15) is 5.82 Å². The number of rotatable bonds is 4. The Morgan fingerprint density at radius 3 is 2.86 bits per heavy atom. The van der Waals surface area contributed by atoms with Gasteiger partial charge in [-0.2, -0.15) is 0 Å². The predicted octanol–water partition coefficient (Wildman–Crippen LogP) is 2.61. The van der Waals surface area contributed by atoms with E-state index in [4.69, 9.17) is 5.11 Å². The van der Waals surface area contributed by atoms with Crippen LogP contribution in [0.3, 0.4) is 0 Å². The Hall–Kier alpha value is -1.75. The molecule has 0 radical (unpaired) electrons. The number of hydrogen-bond acceptors (Lipinski definition) is 3. The molecule has 1 amide bonds. The van der Waals surface area contributed by atoms with E-state index in [-0.39, 0.29) is 29.9 Å². The van der Waals surface area contributed by atoms with Crippen LogP contribution in [0.4, 0.5) is 10.1 Å². The van der Waals surface area contributed by atoms with Crippen molar-refractivity contribution in [3.63, 3.8) is 0 Å². The molecule has 4 nitrogen and oxygen atoms in total. The first-order valence-corrected chi connectivity index (χ1v) is 7.20. The van der Waals surface area contributed by atoms with Crippen LogP contribution in [-0.2, 0) is 11.2 Å². The van der Waals surface area contributed by atoms with Gasteiger partial charge >= 0.3 is 0 Å². The minimum absolute atomic E-state index is 0.0532. The Labute approximate surface area is 123 Å². The number of Topliss-reactive ketones (excluding diaryl/α,β-unsaturated/α-hetero) is 1. The Morgan fingerprint density at radius 1 is 1.52 bits per heavy atom. The van der Waals surface area contributed by atoms with Crippen molar-refractivity contribution in [3.05, 3.63) is 28.6 Å². The predicted molar refractivity (Wildman–Crippen MR) is 77.9 cm³/mol. The highest BCUT2D eigenvalue weighted by Gasteiger charge is 2.31. The van der Waals surface area contributed by atoms with E-state index >= 15 is 0 Å². The standard InChI is InChI=1S/C16H20FNO3/c1-9-12-6-5-11(4-3-7-19)16(21)15(12)14(8-13(9)17)18-10(2)20/h8,11,19H,3-7H2,1-2H3,(H,18,20). The summed E-state index contributed by atoms with van der Waals surface area (Å²) >= 11 is 0. The number of aliphatic hydroxyl groups excluding tert-OH is 1. The normalized spacial score (nSPS) is 17.5. The second kappa shape index (κ2) is 6.35. The number of carbonyl (C=O) groups is 2. The van der Waals surface area contributed by atoms with Crippen LogP contribution in [0, 0.1) is 18.7 Å². The van der Waals surface area contributed by atoms with Gasteiger partial charge in [0.25, 0.3) is 0 Å². The summed E-state index contributed by atoms with van der Waals surface area (Å²) in [4.78, 5) is 23.9. The van der Waals surface area contributed by atoms with Crippen molar-refractivity contribution >= 4 is 17.4 Å². The molecule has 114 valence electrons. The summed E-state index contributed by atoms with van der Waals surface area (Å²) in [6.07, 6.45) is 2.47. The Bertz CT molecular complexity index is 583. The molecule has 0 saturated heterocycles. The largest absolute Gasteiger partial charge is 0.396 e. The lowest BCUT2D eigenvalue weighted by atomic mass is 9.78. The van der Waals surface area contributed by atoms with Gasteiger partial charge in [0.2, 0.25) is 5.91 Å². The van der Waals surface area contributed by atoms with Crippen molar-refractivity contribution in [2.45, 2.75) is 39.5 Å². The highest BCUT2D eigenvalue weighted by Crippen LogP contribution is 2.36. The highest BCUT2D eigenvalue weighted by atomic mass is 19.1. The van der Waals surface area contributed by atoms with E-state index in [0.717, 1.165) is 0 Å². The smallest absolute Gasteiger partial charge is 0.221 e. The minimum Gasteiger partial charge on any atom is -0.396 e. The zero-order valence-electron chi connectivity index (χ0n) is 12.3. The summed E-state index contributed by atoms with van der Waals surface area (Å²) in [5, 5.41) is 11.5. The van der Waals surface area contributed by atoms with E-state index in [9.17, 15) is 14.0 Å². The van der Waals surface area contributed by atoms with Crippen molar-refractivity contribution in [3.8, 4) is 0 Å². The zero-order chi connectivity index (χ0) is 15.6. The quantitative estimate of drug-likeness (QED) is 0.896. The average Bonchev–Trinajstić information content (AvgIpc) is 2.42. The molecular weight excluding hydrogens is 273 g/mol. The molecule has 5 heteroatoms. The van der Waals surface area contributed by atoms with Crippen molar-refractivity contribution < 1.29 is 19.1 Å².